The Kier molecular flexibility index (Phi) is 1.83. The number of hydrogen-bond donors (Lipinski definition) is 0. The molecule has 0 aromatic rings. The summed E-state index contributed by atoms with van der Waals surface area (Å²) < 4.78 is 0. The molecular weight excluding hydrogens is 152 g/mol. The lowest BCUT2D eigenvalue weighted by Gasteiger charge is -2.19. The molecule has 2 heteroatoms. The fourth-order valence-electron chi connectivity index (χ4n) is 2.01. The average Bonchev–Trinajstić information content (AvgIpc) is 2.21. The molecule has 0 aliphatic heterocycles. The van der Waals surface area contributed by atoms with Gasteiger partial charge < -0.3 is 0 Å². The molecule has 0 amide bonds. The van der Waals surface area contributed by atoms with Gasteiger partial charge in [0.2, 0.25) is 0 Å². The van der Waals surface area contributed by atoms with Crippen molar-refractivity contribution in [3.05, 3.63) is 11.6 Å². The maximum absolute atomic E-state index is 11.4. The van der Waals surface area contributed by atoms with Crippen molar-refractivity contribution in [1.82, 2.24) is 0 Å². The number of allylic oxidation sites excluding steroid dienone is 2. The van der Waals surface area contributed by atoms with E-state index in [1.807, 2.05) is 0 Å². The third-order valence-electron chi connectivity index (χ3n) is 2.76. The van der Waals surface area contributed by atoms with Gasteiger partial charge in [0.15, 0.2) is 0 Å². The zero-order valence-electron chi connectivity index (χ0n) is 7.01. The van der Waals surface area contributed by atoms with Gasteiger partial charge in [0.1, 0.15) is 11.6 Å². The van der Waals surface area contributed by atoms with Crippen molar-refractivity contribution in [3.63, 3.8) is 0 Å². The maximum Gasteiger partial charge on any atom is 0.143 e. The van der Waals surface area contributed by atoms with Crippen molar-refractivity contribution < 1.29 is 9.59 Å². The first-order valence-corrected chi connectivity index (χ1v) is 4.50. The van der Waals surface area contributed by atoms with Gasteiger partial charge in [-0.15, -0.1) is 0 Å². The predicted molar refractivity (Wildman–Crippen MR) is 44.7 cm³/mol. The normalized spacial score (nSPS) is 29.7. The van der Waals surface area contributed by atoms with Crippen LogP contribution in [0.3, 0.4) is 0 Å². The lowest BCUT2D eigenvalue weighted by Crippen LogP contribution is -2.26. The van der Waals surface area contributed by atoms with Crippen molar-refractivity contribution in [1.29, 1.82) is 0 Å². The van der Waals surface area contributed by atoms with Gasteiger partial charge >= 0.3 is 0 Å². The van der Waals surface area contributed by atoms with E-state index in [-0.39, 0.29) is 17.5 Å². The monoisotopic (exact) mass is 164 g/mol. The molecule has 2 bridgehead atoms. The van der Waals surface area contributed by atoms with Gasteiger partial charge in [0, 0.05) is 12.8 Å². The van der Waals surface area contributed by atoms with E-state index < -0.39 is 0 Å². The summed E-state index contributed by atoms with van der Waals surface area (Å²) in [6.45, 7) is 0. The zero-order chi connectivity index (χ0) is 8.55. The second kappa shape index (κ2) is 2.85. The van der Waals surface area contributed by atoms with Crippen LogP contribution < -0.4 is 0 Å². The molecular formula is C10H12O2. The van der Waals surface area contributed by atoms with Gasteiger partial charge in [-0.2, -0.15) is 0 Å². The third kappa shape index (κ3) is 1.22. The molecule has 0 saturated heterocycles. The number of rotatable bonds is 0. The number of Topliss-reactive ketones (excluding diaryl/α,β-unsaturated/α-hetero) is 2. The molecule has 2 aliphatic carbocycles. The van der Waals surface area contributed by atoms with Crippen molar-refractivity contribution in [2.45, 2.75) is 32.1 Å². The van der Waals surface area contributed by atoms with Crippen LogP contribution in [-0.2, 0) is 9.59 Å². The summed E-state index contributed by atoms with van der Waals surface area (Å²) in [5, 5.41) is 0. The Bertz CT molecular complexity index is 263. The Morgan fingerprint density at radius 3 is 2.67 bits per heavy atom. The van der Waals surface area contributed by atoms with Crippen LogP contribution in [0.5, 0.6) is 0 Å². The molecule has 1 atom stereocenters. The Labute approximate surface area is 71.6 Å². The summed E-state index contributed by atoms with van der Waals surface area (Å²) >= 11 is 0. The standard InChI is InChI=1S/C10H12O2/c11-9-3-1-2-7-4-5-10(12)8(9)6-7/h2,8H,1,3-6H2. The fraction of sp³-hybridized carbons (Fsp3) is 0.600. The Hall–Kier alpha value is -0.920. The first-order chi connectivity index (χ1) is 5.77. The minimum absolute atomic E-state index is 0.158. The van der Waals surface area contributed by atoms with Crippen LogP contribution in [0.25, 0.3) is 0 Å². The lowest BCUT2D eigenvalue weighted by atomic mass is 9.83. The van der Waals surface area contributed by atoms with Crippen molar-refractivity contribution in [2.24, 2.45) is 5.92 Å². The van der Waals surface area contributed by atoms with Gasteiger partial charge in [0.25, 0.3) is 0 Å². The van der Waals surface area contributed by atoms with Gasteiger partial charge in [-0.3, -0.25) is 9.59 Å². The summed E-state index contributed by atoms with van der Waals surface area (Å²) in [6.07, 6.45) is 5.75. The van der Waals surface area contributed by atoms with Crippen LogP contribution in [0.15, 0.2) is 11.6 Å². The van der Waals surface area contributed by atoms with Crippen LogP contribution in [0.2, 0.25) is 0 Å². The van der Waals surface area contributed by atoms with Crippen LogP contribution >= 0.6 is 0 Å². The van der Waals surface area contributed by atoms with E-state index in [0.29, 0.717) is 12.8 Å². The van der Waals surface area contributed by atoms with E-state index in [9.17, 15) is 9.59 Å². The minimum atomic E-state index is -0.271. The van der Waals surface area contributed by atoms with Crippen LogP contribution in [-0.4, -0.2) is 11.6 Å². The number of fused-ring (bicyclic) bond motifs is 2. The number of carbonyl (C=O) groups excluding carboxylic acids is 2. The highest BCUT2D eigenvalue weighted by Gasteiger charge is 2.31. The highest BCUT2D eigenvalue weighted by Crippen LogP contribution is 2.30. The molecule has 2 aliphatic rings. The second-order valence-electron chi connectivity index (χ2n) is 3.59. The molecule has 64 valence electrons. The van der Waals surface area contributed by atoms with Gasteiger partial charge in [-0.05, 0) is 19.3 Å². The summed E-state index contributed by atoms with van der Waals surface area (Å²) in [4.78, 5) is 22.7. The summed E-state index contributed by atoms with van der Waals surface area (Å²) in [6, 6.07) is 0. The third-order valence-corrected chi connectivity index (χ3v) is 2.76. The number of ketones is 2. The molecule has 0 aromatic heterocycles. The molecule has 1 fully saturated rings. The quantitative estimate of drug-likeness (QED) is 0.403. The van der Waals surface area contributed by atoms with E-state index in [1.165, 1.54) is 5.57 Å². The second-order valence-corrected chi connectivity index (χ2v) is 3.59. The molecule has 1 saturated carbocycles. The number of hydrogen-bond acceptors (Lipinski definition) is 2. The maximum atomic E-state index is 11.4. The molecule has 2 rings (SSSR count). The summed E-state index contributed by atoms with van der Waals surface area (Å²) in [7, 11) is 0. The molecule has 0 aromatic carbocycles. The fourth-order valence-corrected chi connectivity index (χ4v) is 2.01. The topological polar surface area (TPSA) is 34.1 Å². The van der Waals surface area contributed by atoms with Crippen molar-refractivity contribution in [3.8, 4) is 0 Å². The SMILES string of the molecule is O=C1CCC=C2CCC(=O)C1C2. The van der Waals surface area contributed by atoms with Gasteiger partial charge in [-0.1, -0.05) is 11.6 Å². The zero-order valence-corrected chi connectivity index (χ0v) is 7.01. The first-order valence-electron chi connectivity index (χ1n) is 4.50. The van der Waals surface area contributed by atoms with Crippen LogP contribution in [0.4, 0.5) is 0 Å². The molecule has 1 unspecified atom stereocenters. The Morgan fingerprint density at radius 2 is 1.83 bits per heavy atom. The Morgan fingerprint density at radius 1 is 1.08 bits per heavy atom. The van der Waals surface area contributed by atoms with Gasteiger partial charge in [-0.25, -0.2) is 0 Å². The van der Waals surface area contributed by atoms with Gasteiger partial charge in [0.05, 0.1) is 5.92 Å². The number of carbonyl (C=O) groups is 2. The minimum Gasteiger partial charge on any atom is -0.299 e. The molecule has 0 N–H and O–H groups in total. The highest BCUT2D eigenvalue weighted by atomic mass is 16.1. The largest absolute Gasteiger partial charge is 0.299 e. The first kappa shape index (κ1) is 7.71. The molecule has 2 nitrogen and oxygen atoms in total. The van der Waals surface area contributed by atoms with E-state index >= 15 is 0 Å². The average molecular weight is 164 g/mol. The summed E-state index contributed by atoms with van der Waals surface area (Å²) in [5.41, 5.74) is 1.32. The molecule has 0 spiro atoms. The molecule has 0 heterocycles. The van der Waals surface area contributed by atoms with Crippen LogP contribution in [0, 0.1) is 5.92 Å². The van der Waals surface area contributed by atoms with E-state index in [2.05, 4.69) is 6.08 Å². The summed E-state index contributed by atoms with van der Waals surface area (Å²) in [5.74, 6) is 0.0532. The predicted octanol–water partition coefficient (Wildman–Crippen LogP) is 1.64. The van der Waals surface area contributed by atoms with E-state index in [0.717, 1.165) is 19.3 Å². The molecule has 12 heavy (non-hydrogen) atoms. The van der Waals surface area contributed by atoms with Crippen molar-refractivity contribution in [2.75, 3.05) is 0 Å². The Balaban J connectivity index is 2.27. The smallest absolute Gasteiger partial charge is 0.143 e. The van der Waals surface area contributed by atoms with E-state index in [1.54, 1.807) is 0 Å². The highest BCUT2D eigenvalue weighted by molar-refractivity contribution is 6.03. The van der Waals surface area contributed by atoms with Crippen molar-refractivity contribution >= 4 is 11.6 Å². The van der Waals surface area contributed by atoms with E-state index in [4.69, 9.17) is 0 Å². The van der Waals surface area contributed by atoms with Crippen LogP contribution in [0.1, 0.15) is 32.1 Å². The lowest BCUT2D eigenvalue weighted by molar-refractivity contribution is -0.133. The molecule has 0 radical (unpaired) electrons.